The number of aromatic nitrogens is 2. The Morgan fingerprint density at radius 1 is 1.14 bits per heavy atom. The van der Waals surface area contributed by atoms with Crippen LogP contribution < -0.4 is 0 Å². The van der Waals surface area contributed by atoms with Crippen LogP contribution in [0.25, 0.3) is 32.9 Å². The van der Waals surface area contributed by atoms with E-state index in [2.05, 4.69) is 10.6 Å². The van der Waals surface area contributed by atoms with E-state index in [1.807, 2.05) is 18.4 Å². The van der Waals surface area contributed by atoms with E-state index in [-0.39, 0.29) is 76.8 Å². The molecule has 13 heteroatoms. The fraction of sp³-hybridized carbons (Fsp3) is 0.444. The molecule has 2 bridgehead atoms. The summed E-state index contributed by atoms with van der Waals surface area (Å²) in [6.45, 7) is 0.382. The normalized spacial score (nSPS) is 27.3. The molecule has 2 amide bonds. The molecule has 3 saturated heterocycles. The number of piperidine rings is 1. The molecule has 5 heterocycles. The van der Waals surface area contributed by atoms with Crippen molar-refractivity contribution >= 4 is 68.8 Å². The van der Waals surface area contributed by atoms with Gasteiger partial charge in [0.15, 0.2) is 11.5 Å². The lowest BCUT2D eigenvalue weighted by atomic mass is 9.79. The number of carbonyl (C=O) groups excluding carboxylic acids is 1. The number of hydrogen-bond donors (Lipinski definition) is 1. The first kappa shape index (κ1) is 31.4. The van der Waals surface area contributed by atoms with Crippen molar-refractivity contribution in [3.8, 4) is 17.2 Å². The Kier molecular flexibility index (Phi) is 7.02. The third-order valence-corrected chi connectivity index (χ3v) is 13.1. The van der Waals surface area contributed by atoms with Gasteiger partial charge in [-0.2, -0.15) is 5.26 Å². The second-order valence-electron chi connectivity index (χ2n) is 14.2. The van der Waals surface area contributed by atoms with Gasteiger partial charge in [-0.05, 0) is 74.5 Å². The number of amides is 2. The van der Waals surface area contributed by atoms with Gasteiger partial charge in [0.2, 0.25) is 0 Å². The number of benzene rings is 2. The number of carboxylic acid groups (broad SMARTS) is 1. The second kappa shape index (κ2) is 11.0. The molecule has 3 aliphatic carbocycles. The molecule has 4 aromatic rings. The molecule has 0 unspecified atom stereocenters. The highest BCUT2D eigenvalue weighted by Crippen LogP contribution is 2.59. The first-order valence-electron chi connectivity index (χ1n) is 16.6. The van der Waals surface area contributed by atoms with Crippen LogP contribution in [0.5, 0.6) is 0 Å². The molecule has 3 saturated carbocycles. The van der Waals surface area contributed by atoms with Crippen LogP contribution >= 0.6 is 35.0 Å². The SMILES string of the molecule is CSc1nc2c(F)c(-c3cccc(Cl)c3Cl)c(CCC#N)cc2c2c1cc([C@H]1C[C@H]3C[C@H]3N1C(=O)C1(F)CC1)n2[C@H]1[C@@H]2C[C@H]1N(C(=O)O)C2. The minimum atomic E-state index is -1.82. The number of hydrogen-bond acceptors (Lipinski definition) is 5. The third kappa shape index (κ3) is 4.49. The Morgan fingerprint density at radius 3 is 2.61 bits per heavy atom. The number of nitrogens with zero attached hydrogens (tertiary/aromatic N) is 5. The van der Waals surface area contributed by atoms with Crippen LogP contribution in [0.1, 0.15) is 61.9 Å². The van der Waals surface area contributed by atoms with Crippen molar-refractivity contribution in [1.29, 1.82) is 5.26 Å². The predicted molar refractivity (Wildman–Crippen MR) is 183 cm³/mol. The van der Waals surface area contributed by atoms with Crippen molar-refractivity contribution in [2.45, 2.75) is 79.8 Å². The number of nitriles is 1. The number of pyridine rings is 1. The molecule has 252 valence electrons. The van der Waals surface area contributed by atoms with Gasteiger partial charge in [-0.15, -0.1) is 11.8 Å². The molecule has 2 aromatic carbocycles. The average molecular weight is 723 g/mol. The average Bonchev–Trinajstić information content (AvgIpc) is 3.75. The van der Waals surface area contributed by atoms with Crippen LogP contribution in [0.15, 0.2) is 35.4 Å². The quantitative estimate of drug-likeness (QED) is 0.192. The summed E-state index contributed by atoms with van der Waals surface area (Å²) in [6.07, 6.45) is 3.97. The van der Waals surface area contributed by atoms with E-state index in [0.29, 0.717) is 46.4 Å². The van der Waals surface area contributed by atoms with Crippen LogP contribution in [0, 0.1) is 29.0 Å². The monoisotopic (exact) mass is 721 g/mol. The number of thioether (sulfide) groups is 1. The van der Waals surface area contributed by atoms with Gasteiger partial charge in [0.05, 0.1) is 39.8 Å². The molecule has 0 radical (unpaired) electrons. The van der Waals surface area contributed by atoms with E-state index in [0.717, 1.165) is 17.5 Å². The highest BCUT2D eigenvalue weighted by atomic mass is 35.5. The van der Waals surface area contributed by atoms with Gasteiger partial charge in [-0.25, -0.2) is 18.6 Å². The zero-order valence-electron chi connectivity index (χ0n) is 26.4. The Bertz CT molecular complexity index is 2180. The van der Waals surface area contributed by atoms with Gasteiger partial charge in [0.25, 0.3) is 5.91 Å². The highest BCUT2D eigenvalue weighted by Gasteiger charge is 2.63. The largest absolute Gasteiger partial charge is 0.465 e. The molecular formula is C36H31Cl2F2N5O3S. The molecule has 6 atom stereocenters. The fourth-order valence-corrected chi connectivity index (χ4v) is 9.95. The van der Waals surface area contributed by atoms with E-state index in [9.17, 15) is 20.0 Å². The Morgan fingerprint density at radius 2 is 1.92 bits per heavy atom. The summed E-state index contributed by atoms with van der Waals surface area (Å²) in [5.41, 5.74) is 1.04. The number of fused-ring (bicyclic) bond motifs is 5. The topological polar surface area (TPSA) is 102 Å². The Balaban J connectivity index is 1.33. The van der Waals surface area contributed by atoms with Crippen LogP contribution in [-0.4, -0.2) is 67.0 Å². The summed E-state index contributed by atoms with van der Waals surface area (Å²) >= 11 is 14.4. The van der Waals surface area contributed by atoms with Gasteiger partial charge in [0, 0.05) is 52.5 Å². The van der Waals surface area contributed by atoms with Crippen LogP contribution in [-0.2, 0) is 11.2 Å². The van der Waals surface area contributed by atoms with Crippen molar-refractivity contribution in [2.75, 3.05) is 12.8 Å². The van der Waals surface area contributed by atoms with Gasteiger partial charge in [-0.3, -0.25) is 4.79 Å². The van der Waals surface area contributed by atoms with Crippen molar-refractivity contribution in [2.24, 2.45) is 11.8 Å². The summed E-state index contributed by atoms with van der Waals surface area (Å²) in [5.74, 6) is -0.730. The van der Waals surface area contributed by atoms with E-state index in [4.69, 9.17) is 28.2 Å². The van der Waals surface area contributed by atoms with Crippen LogP contribution in [0.4, 0.5) is 13.6 Å². The summed E-state index contributed by atoms with van der Waals surface area (Å²) in [4.78, 5) is 34.1. The predicted octanol–water partition coefficient (Wildman–Crippen LogP) is 8.57. The van der Waals surface area contributed by atoms with Gasteiger partial charge >= 0.3 is 6.09 Å². The minimum absolute atomic E-state index is 0.0132. The number of halogens is 4. The number of carbonyl (C=O) groups is 2. The smallest absolute Gasteiger partial charge is 0.407 e. The molecule has 2 aromatic heterocycles. The molecule has 0 spiro atoms. The first-order chi connectivity index (χ1) is 23.6. The lowest BCUT2D eigenvalue weighted by molar-refractivity contribution is -0.140. The molecule has 49 heavy (non-hydrogen) atoms. The fourth-order valence-electron chi connectivity index (χ4n) is 9.00. The summed E-state index contributed by atoms with van der Waals surface area (Å²) in [6, 6.07) is 10.2. The number of alkyl halides is 1. The summed E-state index contributed by atoms with van der Waals surface area (Å²) < 4.78 is 34.8. The maximum atomic E-state index is 17.2. The molecule has 10 rings (SSSR count). The van der Waals surface area contributed by atoms with Gasteiger partial charge < -0.3 is 19.5 Å². The third-order valence-electron chi connectivity index (χ3n) is 11.6. The Labute approximate surface area is 294 Å². The zero-order chi connectivity index (χ0) is 34.1. The molecule has 6 aliphatic rings. The molecule has 3 aliphatic heterocycles. The molecule has 1 N–H and O–H groups in total. The van der Waals surface area contributed by atoms with Crippen molar-refractivity contribution in [3.05, 3.63) is 57.5 Å². The van der Waals surface area contributed by atoms with E-state index >= 15 is 8.78 Å². The lowest BCUT2D eigenvalue weighted by Crippen LogP contribution is -2.44. The number of rotatable bonds is 7. The van der Waals surface area contributed by atoms with Crippen molar-refractivity contribution < 1.29 is 23.5 Å². The standard InChI is InChI=1S/C36H31Cl2F2N5O3S/c1-49-33-21-14-25(24-12-17-11-23(17)44(24)34(46)36(40)7-8-36)45(31-18-13-26(31)43(15-18)35(47)48)32(21)20-10-16(4-3-9-41)27(29(39)30(20)42-33)19-5-2-6-22(37)28(19)38/h2,5-6,10,14,17-18,23-24,26,31H,3-4,7-8,11-13,15H2,1H3,(H,47,48)/t17-,18-,23-,24-,26-,31+/m1/s1. The Hall–Kier alpha value is -3.59. The van der Waals surface area contributed by atoms with Gasteiger partial charge in [0.1, 0.15) is 10.5 Å². The maximum Gasteiger partial charge on any atom is 0.407 e. The molecule has 6 fully saturated rings. The zero-order valence-corrected chi connectivity index (χ0v) is 28.8. The van der Waals surface area contributed by atoms with Crippen LogP contribution in [0.2, 0.25) is 10.0 Å². The van der Waals surface area contributed by atoms with Crippen molar-refractivity contribution in [3.63, 3.8) is 0 Å². The summed E-state index contributed by atoms with van der Waals surface area (Å²) in [7, 11) is 0. The maximum absolute atomic E-state index is 17.2. The van der Waals surface area contributed by atoms with E-state index in [1.165, 1.54) is 16.7 Å². The molecule has 8 nitrogen and oxygen atoms in total. The molecular weight excluding hydrogens is 691 g/mol. The van der Waals surface area contributed by atoms with E-state index < -0.39 is 29.5 Å². The first-order valence-corrected chi connectivity index (χ1v) is 18.6. The minimum Gasteiger partial charge on any atom is -0.465 e. The van der Waals surface area contributed by atoms with Gasteiger partial charge in [-0.1, -0.05) is 35.3 Å². The number of likely N-dealkylation sites (tertiary alicyclic amines) is 1. The lowest BCUT2D eigenvalue weighted by Gasteiger charge is -2.40. The highest BCUT2D eigenvalue weighted by molar-refractivity contribution is 7.98. The summed E-state index contributed by atoms with van der Waals surface area (Å²) in [5, 5.41) is 22.0. The number of aryl methyl sites for hydroxylation is 1. The van der Waals surface area contributed by atoms with Crippen LogP contribution in [0.3, 0.4) is 0 Å². The van der Waals surface area contributed by atoms with Crippen molar-refractivity contribution in [1.82, 2.24) is 19.4 Å². The van der Waals surface area contributed by atoms with E-state index in [1.54, 1.807) is 23.1 Å². The second-order valence-corrected chi connectivity index (χ2v) is 15.8.